The number of aromatic hydroxyl groups is 1. The van der Waals surface area contributed by atoms with Gasteiger partial charge in [-0.1, -0.05) is 38.5 Å². The maximum absolute atomic E-state index is 10.3. The van der Waals surface area contributed by atoms with E-state index in [2.05, 4.69) is 20.8 Å². The molecule has 0 bridgehead atoms. The van der Waals surface area contributed by atoms with Crippen LogP contribution in [0.25, 0.3) is 0 Å². The number of benzene rings is 1. The summed E-state index contributed by atoms with van der Waals surface area (Å²) in [5.41, 5.74) is 2.86. The Morgan fingerprint density at radius 1 is 1.16 bits per heavy atom. The molecule has 19 heavy (non-hydrogen) atoms. The molecule has 0 spiro atoms. The predicted molar refractivity (Wildman–Crippen MR) is 77.5 cm³/mol. The normalized spacial score (nSPS) is 11.8. The summed E-state index contributed by atoms with van der Waals surface area (Å²) in [5.74, 6) is 0.347. The Labute approximate surface area is 116 Å². The summed E-state index contributed by atoms with van der Waals surface area (Å²) >= 11 is 0. The molecule has 0 amide bonds. The number of aliphatic hydroxyl groups excluding tert-OH is 1. The van der Waals surface area contributed by atoms with Crippen molar-refractivity contribution in [3.8, 4) is 5.75 Å². The Morgan fingerprint density at radius 2 is 1.84 bits per heavy atom. The van der Waals surface area contributed by atoms with E-state index < -0.39 is 0 Å². The number of hydrogen-bond donors (Lipinski definition) is 2. The highest BCUT2D eigenvalue weighted by molar-refractivity contribution is 5.46. The van der Waals surface area contributed by atoms with Crippen molar-refractivity contribution in [2.75, 3.05) is 13.2 Å². The van der Waals surface area contributed by atoms with Crippen LogP contribution in [0.2, 0.25) is 0 Å². The number of rotatable bonds is 6. The number of unbranched alkanes of at least 4 members (excludes halogenated alkanes) is 1. The molecule has 0 atom stereocenters. The first-order chi connectivity index (χ1) is 8.86. The quantitative estimate of drug-likeness (QED) is 0.777. The highest BCUT2D eigenvalue weighted by Gasteiger charge is 2.20. The lowest BCUT2D eigenvalue weighted by Crippen LogP contribution is -2.13. The third-order valence-electron chi connectivity index (χ3n) is 3.10. The molecule has 0 aliphatic heterocycles. The minimum atomic E-state index is -0.0816. The van der Waals surface area contributed by atoms with Gasteiger partial charge >= 0.3 is 0 Å². The zero-order chi connectivity index (χ0) is 14.5. The van der Waals surface area contributed by atoms with Gasteiger partial charge in [-0.3, -0.25) is 0 Å². The molecule has 0 saturated carbocycles. The third-order valence-corrected chi connectivity index (χ3v) is 3.10. The van der Waals surface area contributed by atoms with E-state index in [4.69, 9.17) is 9.84 Å². The van der Waals surface area contributed by atoms with Gasteiger partial charge < -0.3 is 14.9 Å². The van der Waals surface area contributed by atoms with E-state index in [-0.39, 0.29) is 12.0 Å². The molecule has 1 rings (SSSR count). The van der Waals surface area contributed by atoms with Crippen molar-refractivity contribution in [3.63, 3.8) is 0 Å². The largest absolute Gasteiger partial charge is 0.507 e. The van der Waals surface area contributed by atoms with Crippen LogP contribution in [-0.2, 0) is 16.8 Å². The van der Waals surface area contributed by atoms with E-state index in [0.29, 0.717) is 19.0 Å². The van der Waals surface area contributed by atoms with Gasteiger partial charge in [0.2, 0.25) is 0 Å². The molecular weight excluding hydrogens is 240 g/mol. The molecule has 108 valence electrons. The Bertz CT molecular complexity index is 405. The SMILES string of the molecule is Cc1cc(COCCCCO)c(O)c(C(C)(C)C)c1. The number of aryl methyl sites for hydroxylation is 1. The van der Waals surface area contributed by atoms with E-state index in [1.807, 2.05) is 19.1 Å². The van der Waals surface area contributed by atoms with Crippen molar-refractivity contribution in [3.05, 3.63) is 28.8 Å². The van der Waals surface area contributed by atoms with Gasteiger partial charge in [-0.25, -0.2) is 0 Å². The number of phenols is 1. The van der Waals surface area contributed by atoms with Gasteiger partial charge in [-0.05, 0) is 30.7 Å². The summed E-state index contributed by atoms with van der Waals surface area (Å²) < 4.78 is 5.55. The van der Waals surface area contributed by atoms with Crippen LogP contribution in [0.4, 0.5) is 0 Å². The van der Waals surface area contributed by atoms with Crippen LogP contribution in [0.15, 0.2) is 12.1 Å². The van der Waals surface area contributed by atoms with Crippen molar-refractivity contribution in [2.45, 2.75) is 52.6 Å². The molecule has 3 heteroatoms. The summed E-state index contributed by atoms with van der Waals surface area (Å²) in [6.07, 6.45) is 1.60. The van der Waals surface area contributed by atoms with Gasteiger partial charge in [0.15, 0.2) is 0 Å². The molecule has 0 aliphatic rings. The van der Waals surface area contributed by atoms with Gasteiger partial charge in [0, 0.05) is 18.8 Å². The number of phenolic OH excluding ortho intramolecular Hbond substituents is 1. The summed E-state index contributed by atoms with van der Waals surface area (Å²) in [6.45, 7) is 9.53. The second-order valence-electron chi connectivity index (χ2n) is 6.05. The molecule has 2 N–H and O–H groups in total. The molecular formula is C16H26O3. The lowest BCUT2D eigenvalue weighted by atomic mass is 9.84. The van der Waals surface area contributed by atoms with E-state index in [0.717, 1.165) is 29.5 Å². The first-order valence-corrected chi connectivity index (χ1v) is 6.88. The van der Waals surface area contributed by atoms with Crippen LogP contribution < -0.4 is 0 Å². The van der Waals surface area contributed by atoms with Crippen LogP contribution in [0.5, 0.6) is 5.75 Å². The Kier molecular flexibility index (Phi) is 5.83. The maximum atomic E-state index is 10.3. The van der Waals surface area contributed by atoms with Crippen molar-refractivity contribution in [1.29, 1.82) is 0 Å². The standard InChI is InChI=1S/C16H26O3/c1-12-9-13(11-19-8-6-5-7-17)15(18)14(10-12)16(2,3)4/h9-10,17-18H,5-8,11H2,1-4H3. The summed E-state index contributed by atoms with van der Waals surface area (Å²) in [6, 6.07) is 4.00. The number of aliphatic hydroxyl groups is 1. The summed E-state index contributed by atoms with van der Waals surface area (Å²) in [4.78, 5) is 0. The van der Waals surface area contributed by atoms with Crippen LogP contribution in [0.1, 0.15) is 50.3 Å². The van der Waals surface area contributed by atoms with E-state index in [1.165, 1.54) is 0 Å². The highest BCUT2D eigenvalue weighted by Crippen LogP contribution is 2.34. The first-order valence-electron chi connectivity index (χ1n) is 6.88. The van der Waals surface area contributed by atoms with Crippen molar-refractivity contribution >= 4 is 0 Å². The average molecular weight is 266 g/mol. The maximum Gasteiger partial charge on any atom is 0.124 e. The van der Waals surface area contributed by atoms with E-state index in [9.17, 15) is 5.11 Å². The fourth-order valence-corrected chi connectivity index (χ4v) is 2.03. The van der Waals surface area contributed by atoms with Gasteiger partial charge in [-0.15, -0.1) is 0 Å². The molecule has 0 aliphatic carbocycles. The predicted octanol–water partition coefficient (Wildman–Crippen LogP) is 3.29. The molecule has 0 aromatic heterocycles. The monoisotopic (exact) mass is 266 g/mol. The van der Waals surface area contributed by atoms with Crippen molar-refractivity contribution < 1.29 is 14.9 Å². The second-order valence-corrected chi connectivity index (χ2v) is 6.05. The molecule has 0 radical (unpaired) electrons. The zero-order valence-corrected chi connectivity index (χ0v) is 12.5. The molecule has 0 heterocycles. The third kappa shape index (κ3) is 4.84. The molecule has 0 unspecified atom stereocenters. The van der Waals surface area contributed by atoms with Crippen molar-refractivity contribution in [2.24, 2.45) is 0 Å². The van der Waals surface area contributed by atoms with E-state index in [1.54, 1.807) is 0 Å². The van der Waals surface area contributed by atoms with Gasteiger partial charge in [0.1, 0.15) is 5.75 Å². The van der Waals surface area contributed by atoms with E-state index >= 15 is 0 Å². The molecule has 1 aromatic rings. The van der Waals surface area contributed by atoms with Crippen LogP contribution in [-0.4, -0.2) is 23.4 Å². The van der Waals surface area contributed by atoms with Gasteiger partial charge in [-0.2, -0.15) is 0 Å². The molecule has 0 fully saturated rings. The van der Waals surface area contributed by atoms with Crippen LogP contribution >= 0.6 is 0 Å². The average Bonchev–Trinajstić information content (AvgIpc) is 2.31. The molecule has 1 aromatic carbocycles. The minimum absolute atomic E-state index is 0.0816. The lowest BCUT2D eigenvalue weighted by Gasteiger charge is -2.23. The first kappa shape index (κ1) is 16.0. The summed E-state index contributed by atoms with van der Waals surface area (Å²) in [5, 5.41) is 19.0. The van der Waals surface area contributed by atoms with Crippen molar-refractivity contribution in [1.82, 2.24) is 0 Å². The fourth-order valence-electron chi connectivity index (χ4n) is 2.03. The van der Waals surface area contributed by atoms with Crippen LogP contribution in [0, 0.1) is 6.92 Å². The number of hydrogen-bond acceptors (Lipinski definition) is 3. The van der Waals surface area contributed by atoms with Gasteiger partial charge in [0.05, 0.1) is 6.61 Å². The minimum Gasteiger partial charge on any atom is -0.507 e. The number of ether oxygens (including phenoxy) is 1. The Balaban J connectivity index is 2.76. The Morgan fingerprint density at radius 3 is 2.42 bits per heavy atom. The Hall–Kier alpha value is -1.06. The smallest absolute Gasteiger partial charge is 0.124 e. The zero-order valence-electron chi connectivity index (χ0n) is 12.5. The fraction of sp³-hybridized carbons (Fsp3) is 0.625. The topological polar surface area (TPSA) is 49.7 Å². The molecule has 0 saturated heterocycles. The molecule has 3 nitrogen and oxygen atoms in total. The van der Waals surface area contributed by atoms with Crippen LogP contribution in [0.3, 0.4) is 0 Å². The summed E-state index contributed by atoms with van der Waals surface area (Å²) in [7, 11) is 0. The van der Waals surface area contributed by atoms with Gasteiger partial charge in [0.25, 0.3) is 0 Å². The highest BCUT2D eigenvalue weighted by atomic mass is 16.5. The lowest BCUT2D eigenvalue weighted by molar-refractivity contribution is 0.111. The second kappa shape index (κ2) is 6.92.